The van der Waals surface area contributed by atoms with Crippen molar-refractivity contribution in [2.45, 2.75) is 79.8 Å². The zero-order valence-electron chi connectivity index (χ0n) is 24.4. The monoisotopic (exact) mass is 511 g/mol. The van der Waals surface area contributed by atoms with E-state index in [1.807, 2.05) is 90.5 Å². The number of nitrogens with one attached hydrogen (secondary N) is 1. The highest BCUT2D eigenvalue weighted by atomic mass is 16.5. The number of benzene rings is 1. The Balaban J connectivity index is 2.40. The highest BCUT2D eigenvalue weighted by Crippen LogP contribution is 2.33. The Morgan fingerprint density at radius 3 is 2.24 bits per heavy atom. The zero-order valence-corrected chi connectivity index (χ0v) is 24.4. The summed E-state index contributed by atoms with van der Waals surface area (Å²) in [7, 11) is 3.69. The molecule has 7 heteroatoms. The Morgan fingerprint density at radius 2 is 1.70 bits per heavy atom. The van der Waals surface area contributed by atoms with Crippen LogP contribution in [-0.4, -0.2) is 53.0 Å². The standard InChI is InChI=1S/C30H45N3O4/c1-12-37-27(35)20(4)17-24(19(2)3)33(11)26(34)25(29(5,6)7)31-28(36)30(8,9)22-18-32(10)23-16-14-13-15-21(22)23/h13-19,24-25H,12H2,1-11H3,(H,31,36)/b20-17+/t24-,25-/m1/s1. The minimum Gasteiger partial charge on any atom is -0.463 e. The molecule has 204 valence electrons. The Morgan fingerprint density at radius 1 is 1.11 bits per heavy atom. The average Bonchev–Trinajstić information content (AvgIpc) is 3.16. The van der Waals surface area contributed by atoms with Crippen LogP contribution >= 0.6 is 0 Å². The van der Waals surface area contributed by atoms with Gasteiger partial charge in [-0.05, 0) is 50.7 Å². The van der Waals surface area contributed by atoms with Gasteiger partial charge in [0.1, 0.15) is 6.04 Å². The van der Waals surface area contributed by atoms with E-state index in [0.717, 1.165) is 16.5 Å². The summed E-state index contributed by atoms with van der Waals surface area (Å²) in [6.07, 6.45) is 3.77. The maximum atomic E-state index is 13.9. The molecule has 0 fully saturated rings. The number of rotatable bonds is 9. The van der Waals surface area contributed by atoms with Gasteiger partial charge >= 0.3 is 5.97 Å². The molecule has 1 heterocycles. The van der Waals surface area contributed by atoms with E-state index in [9.17, 15) is 14.4 Å². The van der Waals surface area contributed by atoms with Crippen LogP contribution in [0.3, 0.4) is 0 Å². The first kappa shape index (κ1) is 30.1. The van der Waals surface area contributed by atoms with E-state index in [4.69, 9.17) is 4.74 Å². The lowest BCUT2D eigenvalue weighted by Gasteiger charge is -2.38. The second kappa shape index (κ2) is 11.5. The highest BCUT2D eigenvalue weighted by Gasteiger charge is 2.41. The molecule has 2 amide bonds. The van der Waals surface area contributed by atoms with Gasteiger partial charge in [-0.2, -0.15) is 0 Å². The summed E-state index contributed by atoms with van der Waals surface area (Å²) in [5, 5.41) is 4.10. The Kier molecular flexibility index (Phi) is 9.39. The van der Waals surface area contributed by atoms with Gasteiger partial charge in [-0.15, -0.1) is 0 Å². The van der Waals surface area contributed by atoms with Crippen LogP contribution in [0, 0.1) is 11.3 Å². The van der Waals surface area contributed by atoms with Gasteiger partial charge < -0.3 is 19.5 Å². The molecule has 2 rings (SSSR count). The van der Waals surface area contributed by atoms with Crippen molar-refractivity contribution in [2.24, 2.45) is 18.4 Å². The molecule has 1 N–H and O–H groups in total. The number of aromatic nitrogens is 1. The van der Waals surface area contributed by atoms with Crippen molar-refractivity contribution in [3.05, 3.63) is 47.7 Å². The van der Waals surface area contributed by atoms with E-state index in [0.29, 0.717) is 5.57 Å². The lowest BCUT2D eigenvalue weighted by atomic mass is 9.80. The molecule has 0 aliphatic rings. The van der Waals surface area contributed by atoms with Gasteiger partial charge in [0.05, 0.1) is 18.1 Å². The minimum atomic E-state index is -0.874. The minimum absolute atomic E-state index is 0.0433. The molecule has 2 atom stereocenters. The van der Waals surface area contributed by atoms with Gasteiger partial charge in [0.2, 0.25) is 11.8 Å². The van der Waals surface area contributed by atoms with Crippen molar-refractivity contribution >= 4 is 28.7 Å². The summed E-state index contributed by atoms with van der Waals surface area (Å²) >= 11 is 0. The van der Waals surface area contributed by atoms with Crippen LogP contribution in [0.25, 0.3) is 10.9 Å². The number of carbonyl (C=O) groups excluding carboxylic acids is 3. The van der Waals surface area contributed by atoms with E-state index in [1.54, 1.807) is 31.9 Å². The van der Waals surface area contributed by atoms with Crippen molar-refractivity contribution in [1.29, 1.82) is 0 Å². The predicted molar refractivity (Wildman–Crippen MR) is 149 cm³/mol. The number of carbonyl (C=O) groups is 3. The molecule has 0 radical (unpaired) electrons. The summed E-state index contributed by atoms with van der Waals surface area (Å²) in [5.74, 6) is -0.778. The molecule has 0 aliphatic carbocycles. The molecular weight excluding hydrogens is 466 g/mol. The molecule has 0 saturated carbocycles. The van der Waals surface area contributed by atoms with Gasteiger partial charge in [-0.25, -0.2) is 4.79 Å². The van der Waals surface area contributed by atoms with E-state index in [1.165, 1.54) is 0 Å². The number of esters is 1. The summed E-state index contributed by atoms with van der Waals surface area (Å²) in [4.78, 5) is 41.5. The SMILES string of the molecule is CCOC(=O)/C(C)=C/[C@H](C(C)C)N(C)C(=O)[C@@H](NC(=O)C(C)(C)c1cn(C)c2ccccc12)C(C)(C)C. The van der Waals surface area contributed by atoms with Gasteiger partial charge in [-0.3, -0.25) is 9.59 Å². The maximum Gasteiger partial charge on any atom is 0.333 e. The van der Waals surface area contributed by atoms with Crippen LogP contribution in [-0.2, 0) is 31.6 Å². The normalized spacial score (nSPS) is 14.4. The molecule has 1 aromatic heterocycles. The van der Waals surface area contributed by atoms with Gasteiger partial charge in [0.15, 0.2) is 0 Å². The second-order valence-electron chi connectivity index (χ2n) is 11.8. The summed E-state index contributed by atoms with van der Waals surface area (Å²) in [5.41, 5.74) is 0.988. The molecule has 1 aromatic carbocycles. The zero-order chi connectivity index (χ0) is 28.3. The Labute approximate surface area is 222 Å². The smallest absolute Gasteiger partial charge is 0.333 e. The van der Waals surface area contributed by atoms with E-state index in [2.05, 4.69) is 5.32 Å². The van der Waals surface area contributed by atoms with Gasteiger partial charge in [0.25, 0.3) is 0 Å². The van der Waals surface area contributed by atoms with Crippen molar-refractivity contribution < 1.29 is 19.1 Å². The topological polar surface area (TPSA) is 80.6 Å². The van der Waals surface area contributed by atoms with Crippen LogP contribution in [0.5, 0.6) is 0 Å². The summed E-state index contributed by atoms with van der Waals surface area (Å²) in [6.45, 7) is 17.3. The number of hydrogen-bond donors (Lipinski definition) is 1. The maximum absolute atomic E-state index is 13.9. The number of nitrogens with zero attached hydrogens (tertiary/aromatic N) is 2. The third kappa shape index (κ3) is 6.62. The highest BCUT2D eigenvalue weighted by molar-refractivity contribution is 5.97. The molecule has 0 spiro atoms. The largest absolute Gasteiger partial charge is 0.463 e. The first-order valence-electron chi connectivity index (χ1n) is 13.0. The third-order valence-electron chi connectivity index (χ3n) is 7.02. The predicted octanol–water partition coefficient (Wildman–Crippen LogP) is 4.98. The van der Waals surface area contributed by atoms with E-state index >= 15 is 0 Å². The Bertz CT molecular complexity index is 1170. The quantitative estimate of drug-likeness (QED) is 0.380. The summed E-state index contributed by atoms with van der Waals surface area (Å²) in [6, 6.07) is 6.88. The molecular formula is C30H45N3O4. The van der Waals surface area contributed by atoms with Gasteiger partial charge in [0, 0.05) is 36.8 Å². The molecule has 7 nitrogen and oxygen atoms in total. The number of likely N-dealkylation sites (N-methyl/N-ethyl adjacent to an activating group) is 1. The van der Waals surface area contributed by atoms with Crippen LogP contribution in [0.2, 0.25) is 0 Å². The van der Waals surface area contributed by atoms with E-state index in [-0.39, 0.29) is 30.4 Å². The number of ether oxygens (including phenoxy) is 1. The second-order valence-corrected chi connectivity index (χ2v) is 11.8. The lowest BCUT2D eigenvalue weighted by Crippen LogP contribution is -2.58. The number of amides is 2. The fourth-order valence-corrected chi connectivity index (χ4v) is 4.59. The number of hydrogen-bond acceptors (Lipinski definition) is 4. The van der Waals surface area contributed by atoms with Crippen LogP contribution in [0.15, 0.2) is 42.1 Å². The van der Waals surface area contributed by atoms with Crippen LogP contribution < -0.4 is 5.32 Å². The van der Waals surface area contributed by atoms with Gasteiger partial charge in [-0.1, -0.05) is 58.9 Å². The first-order chi connectivity index (χ1) is 17.0. The van der Waals surface area contributed by atoms with Crippen molar-refractivity contribution in [3.63, 3.8) is 0 Å². The van der Waals surface area contributed by atoms with Crippen molar-refractivity contribution in [1.82, 2.24) is 14.8 Å². The summed E-state index contributed by atoms with van der Waals surface area (Å²) < 4.78 is 7.14. The number of para-hydroxylation sites is 1. The molecule has 0 saturated heterocycles. The molecule has 0 bridgehead atoms. The number of aryl methyl sites for hydroxylation is 1. The molecule has 0 aliphatic heterocycles. The number of fused-ring (bicyclic) bond motifs is 1. The first-order valence-corrected chi connectivity index (χ1v) is 13.0. The fourth-order valence-electron chi connectivity index (χ4n) is 4.59. The third-order valence-corrected chi connectivity index (χ3v) is 7.02. The van der Waals surface area contributed by atoms with E-state index < -0.39 is 22.8 Å². The Hall–Kier alpha value is -3.09. The van der Waals surface area contributed by atoms with Crippen molar-refractivity contribution in [3.8, 4) is 0 Å². The molecule has 2 aromatic rings. The van der Waals surface area contributed by atoms with Crippen LogP contribution in [0.1, 0.15) is 67.9 Å². The lowest BCUT2D eigenvalue weighted by molar-refractivity contribution is -0.141. The molecule has 37 heavy (non-hydrogen) atoms. The molecule has 0 unspecified atom stereocenters. The van der Waals surface area contributed by atoms with Crippen LogP contribution in [0.4, 0.5) is 0 Å². The fraction of sp³-hybridized carbons (Fsp3) is 0.567. The average molecular weight is 512 g/mol. The van der Waals surface area contributed by atoms with Crippen molar-refractivity contribution in [2.75, 3.05) is 13.7 Å².